The van der Waals surface area contributed by atoms with Crippen molar-refractivity contribution >= 4 is 17.3 Å². The summed E-state index contributed by atoms with van der Waals surface area (Å²) < 4.78 is 0. The summed E-state index contributed by atoms with van der Waals surface area (Å²) in [6.07, 6.45) is 7.81. The molecule has 0 aliphatic heterocycles. The van der Waals surface area contributed by atoms with Crippen molar-refractivity contribution < 1.29 is 9.90 Å². The van der Waals surface area contributed by atoms with Crippen molar-refractivity contribution in [3.05, 3.63) is 34.0 Å². The van der Waals surface area contributed by atoms with Gasteiger partial charge in [-0.25, -0.2) is 0 Å². The minimum atomic E-state index is -0.714. The van der Waals surface area contributed by atoms with E-state index in [4.69, 9.17) is 5.11 Å². The van der Waals surface area contributed by atoms with Crippen LogP contribution in [0.2, 0.25) is 0 Å². The van der Waals surface area contributed by atoms with Crippen LogP contribution in [0.5, 0.6) is 0 Å². The van der Waals surface area contributed by atoms with Gasteiger partial charge in [0, 0.05) is 9.75 Å². The molecular formula is C14H18O2S. The van der Waals surface area contributed by atoms with Gasteiger partial charge in [-0.3, -0.25) is 4.79 Å². The first-order valence-corrected chi connectivity index (χ1v) is 6.94. The molecular weight excluding hydrogens is 232 g/mol. The van der Waals surface area contributed by atoms with E-state index in [0.29, 0.717) is 18.3 Å². The second kappa shape index (κ2) is 5.50. The summed E-state index contributed by atoms with van der Waals surface area (Å²) in [5.41, 5.74) is 0. The van der Waals surface area contributed by atoms with Crippen molar-refractivity contribution in [2.45, 2.75) is 38.5 Å². The zero-order valence-electron chi connectivity index (χ0n) is 10.1. The number of thiophene rings is 1. The molecule has 0 amide bonds. The normalized spacial score (nSPS) is 23.8. The monoisotopic (exact) mass is 250 g/mol. The molecule has 2 unspecified atom stereocenters. The summed E-state index contributed by atoms with van der Waals surface area (Å²) in [5.74, 6) is 0.589. The van der Waals surface area contributed by atoms with Crippen LogP contribution in [0.1, 0.15) is 41.9 Å². The molecule has 1 aromatic heterocycles. The molecule has 1 heterocycles. The van der Waals surface area contributed by atoms with Crippen molar-refractivity contribution in [1.82, 2.24) is 0 Å². The van der Waals surface area contributed by atoms with Crippen LogP contribution in [0.4, 0.5) is 0 Å². The van der Waals surface area contributed by atoms with Gasteiger partial charge in [-0.2, -0.15) is 0 Å². The standard InChI is InChI=1S/C14H18O2S/c1-10-3-2-4-11(9-10)13-7-5-12(17-13)6-8-14(15)16/h2-3,5,7,10-11H,4,6,8-9H2,1H3,(H,15,16). The zero-order chi connectivity index (χ0) is 12.3. The molecule has 1 N–H and O–H groups in total. The lowest BCUT2D eigenvalue weighted by molar-refractivity contribution is -0.136. The van der Waals surface area contributed by atoms with Crippen molar-refractivity contribution in [3.8, 4) is 0 Å². The van der Waals surface area contributed by atoms with Gasteiger partial charge in [0.1, 0.15) is 0 Å². The highest BCUT2D eigenvalue weighted by molar-refractivity contribution is 7.12. The molecule has 0 saturated carbocycles. The Morgan fingerprint density at radius 3 is 3.06 bits per heavy atom. The highest BCUT2D eigenvalue weighted by Gasteiger charge is 2.18. The Bertz CT molecular complexity index is 420. The molecule has 0 fully saturated rings. The van der Waals surface area contributed by atoms with E-state index in [-0.39, 0.29) is 6.42 Å². The first-order valence-electron chi connectivity index (χ1n) is 6.12. The lowest BCUT2D eigenvalue weighted by atomic mass is 9.87. The average Bonchev–Trinajstić information content (AvgIpc) is 2.75. The first kappa shape index (κ1) is 12.4. The lowest BCUT2D eigenvalue weighted by Gasteiger charge is -2.20. The molecule has 0 spiro atoms. The van der Waals surface area contributed by atoms with E-state index in [1.165, 1.54) is 16.2 Å². The number of allylic oxidation sites excluding steroid dienone is 2. The third kappa shape index (κ3) is 3.43. The summed E-state index contributed by atoms with van der Waals surface area (Å²) in [6.45, 7) is 2.25. The third-order valence-corrected chi connectivity index (χ3v) is 4.52. The summed E-state index contributed by atoms with van der Waals surface area (Å²) in [4.78, 5) is 13.1. The molecule has 3 heteroatoms. The number of carboxylic acids is 1. The summed E-state index contributed by atoms with van der Waals surface area (Å²) in [5, 5.41) is 8.66. The predicted octanol–water partition coefficient (Wildman–Crippen LogP) is 3.84. The fraction of sp³-hybridized carbons (Fsp3) is 0.500. The van der Waals surface area contributed by atoms with Crippen LogP contribution in [0.15, 0.2) is 24.3 Å². The van der Waals surface area contributed by atoms with Crippen LogP contribution in [0, 0.1) is 5.92 Å². The quantitative estimate of drug-likeness (QED) is 0.824. The van der Waals surface area contributed by atoms with Crippen LogP contribution >= 0.6 is 11.3 Å². The highest BCUT2D eigenvalue weighted by Crippen LogP contribution is 2.36. The van der Waals surface area contributed by atoms with E-state index in [0.717, 1.165) is 6.42 Å². The Kier molecular flexibility index (Phi) is 4.00. The maximum Gasteiger partial charge on any atom is 0.303 e. The van der Waals surface area contributed by atoms with Gasteiger partial charge in [0.25, 0.3) is 0 Å². The number of carboxylic acid groups (broad SMARTS) is 1. The third-order valence-electron chi connectivity index (χ3n) is 3.21. The second-order valence-corrected chi connectivity index (χ2v) is 5.97. The number of carbonyl (C=O) groups is 1. The molecule has 0 aromatic carbocycles. The molecule has 0 saturated heterocycles. The Balaban J connectivity index is 1.98. The van der Waals surface area contributed by atoms with Crippen molar-refractivity contribution in [1.29, 1.82) is 0 Å². The van der Waals surface area contributed by atoms with Crippen molar-refractivity contribution in [2.24, 2.45) is 5.92 Å². The maximum absolute atomic E-state index is 10.5. The average molecular weight is 250 g/mol. The van der Waals surface area contributed by atoms with Gasteiger partial charge < -0.3 is 5.11 Å². The summed E-state index contributed by atoms with van der Waals surface area (Å²) in [6, 6.07) is 4.27. The molecule has 1 aliphatic rings. The number of aryl methyl sites for hydroxylation is 1. The number of hydrogen-bond acceptors (Lipinski definition) is 2. The van der Waals surface area contributed by atoms with E-state index >= 15 is 0 Å². The molecule has 2 nitrogen and oxygen atoms in total. The summed E-state index contributed by atoms with van der Waals surface area (Å²) in [7, 11) is 0. The van der Waals surface area contributed by atoms with Crippen molar-refractivity contribution in [2.75, 3.05) is 0 Å². The largest absolute Gasteiger partial charge is 0.481 e. The smallest absolute Gasteiger partial charge is 0.303 e. The molecule has 0 bridgehead atoms. The molecule has 92 valence electrons. The summed E-state index contributed by atoms with van der Waals surface area (Å²) >= 11 is 1.79. The molecule has 2 atom stereocenters. The fourth-order valence-corrected chi connectivity index (χ4v) is 3.45. The molecule has 2 rings (SSSR count). The van der Waals surface area contributed by atoms with Crippen LogP contribution < -0.4 is 0 Å². The molecule has 1 aliphatic carbocycles. The van der Waals surface area contributed by atoms with Gasteiger partial charge in [-0.1, -0.05) is 19.1 Å². The van der Waals surface area contributed by atoms with Crippen molar-refractivity contribution in [3.63, 3.8) is 0 Å². The van der Waals surface area contributed by atoms with Gasteiger partial charge in [0.05, 0.1) is 6.42 Å². The van der Waals surface area contributed by atoms with Crippen LogP contribution in [-0.2, 0) is 11.2 Å². The highest BCUT2D eigenvalue weighted by atomic mass is 32.1. The Hall–Kier alpha value is -1.09. The van der Waals surface area contributed by atoms with Gasteiger partial charge in [-0.15, -0.1) is 11.3 Å². The number of aliphatic carboxylic acids is 1. The van der Waals surface area contributed by atoms with E-state index in [1.807, 2.05) is 0 Å². The topological polar surface area (TPSA) is 37.3 Å². The zero-order valence-corrected chi connectivity index (χ0v) is 10.9. The SMILES string of the molecule is CC1C=CCC(c2ccc(CCC(=O)O)s2)C1. The Labute approximate surface area is 106 Å². The first-order chi connectivity index (χ1) is 8.15. The minimum absolute atomic E-state index is 0.237. The van der Waals surface area contributed by atoms with E-state index in [1.54, 1.807) is 11.3 Å². The Morgan fingerprint density at radius 1 is 1.53 bits per heavy atom. The van der Waals surface area contributed by atoms with Gasteiger partial charge >= 0.3 is 5.97 Å². The number of hydrogen-bond donors (Lipinski definition) is 1. The fourth-order valence-electron chi connectivity index (χ4n) is 2.31. The maximum atomic E-state index is 10.5. The Morgan fingerprint density at radius 2 is 2.35 bits per heavy atom. The second-order valence-electron chi connectivity index (χ2n) is 4.77. The molecule has 0 radical (unpaired) electrons. The minimum Gasteiger partial charge on any atom is -0.481 e. The van der Waals surface area contributed by atoms with E-state index in [2.05, 4.69) is 31.2 Å². The predicted molar refractivity (Wildman–Crippen MR) is 70.6 cm³/mol. The lowest BCUT2D eigenvalue weighted by Crippen LogP contribution is -2.05. The molecule has 17 heavy (non-hydrogen) atoms. The molecule has 1 aromatic rings. The van der Waals surface area contributed by atoms with Gasteiger partial charge in [0.15, 0.2) is 0 Å². The van der Waals surface area contributed by atoms with E-state index in [9.17, 15) is 4.79 Å². The number of rotatable bonds is 4. The van der Waals surface area contributed by atoms with Crippen LogP contribution in [0.3, 0.4) is 0 Å². The van der Waals surface area contributed by atoms with Crippen LogP contribution in [0.25, 0.3) is 0 Å². The van der Waals surface area contributed by atoms with Crippen LogP contribution in [-0.4, -0.2) is 11.1 Å². The van der Waals surface area contributed by atoms with Gasteiger partial charge in [0.2, 0.25) is 0 Å². The van der Waals surface area contributed by atoms with Gasteiger partial charge in [-0.05, 0) is 43.2 Å². The van der Waals surface area contributed by atoms with E-state index < -0.39 is 5.97 Å².